The Bertz CT molecular complexity index is 972. The minimum atomic E-state index is -4.68. The standard InChI is InChI=1S/C15H16O8S2.3H2O/c1-8-3-10(14(6-12(8)16)24(18,19)20)5-11-4-9(2)13(17)7-15(11)25(21,22)23;;;/h3-4,6-7,16-17H,5H2,1-2H3,(H,18,19,20)(H,21,22,23);3*1H2. The van der Waals surface area contributed by atoms with E-state index < -0.39 is 30.0 Å². The van der Waals surface area contributed by atoms with Crippen LogP contribution in [-0.2, 0) is 26.7 Å². The van der Waals surface area contributed by atoms with E-state index in [4.69, 9.17) is 0 Å². The molecule has 0 amide bonds. The van der Waals surface area contributed by atoms with Crippen molar-refractivity contribution in [1.29, 1.82) is 0 Å². The summed E-state index contributed by atoms with van der Waals surface area (Å²) < 4.78 is 64.9. The average molecular weight is 442 g/mol. The van der Waals surface area contributed by atoms with Gasteiger partial charge in [-0.2, -0.15) is 16.8 Å². The highest BCUT2D eigenvalue weighted by Crippen LogP contribution is 2.31. The number of hydrogen-bond acceptors (Lipinski definition) is 6. The van der Waals surface area contributed by atoms with Crippen molar-refractivity contribution in [3.63, 3.8) is 0 Å². The number of phenolic OH excluding ortho intramolecular Hbond substituents is 2. The fourth-order valence-electron chi connectivity index (χ4n) is 2.44. The van der Waals surface area contributed by atoms with Crippen molar-refractivity contribution in [2.45, 2.75) is 30.1 Å². The summed E-state index contributed by atoms with van der Waals surface area (Å²) in [5, 5.41) is 19.3. The zero-order chi connectivity index (χ0) is 19.2. The maximum Gasteiger partial charge on any atom is 0.294 e. The minimum Gasteiger partial charge on any atom is -0.508 e. The van der Waals surface area contributed by atoms with Crippen LogP contribution in [0.4, 0.5) is 0 Å². The fraction of sp³-hybridized carbons (Fsp3) is 0.200. The molecule has 0 radical (unpaired) electrons. The molecule has 10 N–H and O–H groups in total. The predicted molar refractivity (Wildman–Crippen MR) is 99.0 cm³/mol. The van der Waals surface area contributed by atoms with Gasteiger partial charge in [-0.1, -0.05) is 12.1 Å². The van der Waals surface area contributed by atoms with E-state index >= 15 is 0 Å². The molecule has 2 aromatic carbocycles. The molecule has 2 rings (SSSR count). The lowest BCUT2D eigenvalue weighted by Crippen LogP contribution is -2.08. The molecule has 0 saturated heterocycles. The van der Waals surface area contributed by atoms with E-state index in [1.807, 2.05) is 0 Å². The first-order chi connectivity index (χ1) is 11.3. The molecule has 13 heteroatoms. The molecule has 160 valence electrons. The van der Waals surface area contributed by atoms with Crippen molar-refractivity contribution < 1.29 is 52.6 Å². The van der Waals surface area contributed by atoms with Crippen LogP contribution in [0, 0.1) is 13.8 Å². The smallest absolute Gasteiger partial charge is 0.294 e. The third-order valence-electron chi connectivity index (χ3n) is 3.69. The number of phenols is 2. The maximum atomic E-state index is 11.5. The molecular weight excluding hydrogens is 420 g/mol. The number of aromatic hydroxyl groups is 2. The van der Waals surface area contributed by atoms with Gasteiger partial charge in [-0.25, -0.2) is 0 Å². The van der Waals surface area contributed by atoms with Gasteiger partial charge in [0.05, 0.1) is 0 Å². The van der Waals surface area contributed by atoms with Crippen LogP contribution in [0.5, 0.6) is 11.5 Å². The molecule has 28 heavy (non-hydrogen) atoms. The Morgan fingerprint density at radius 1 is 0.679 bits per heavy atom. The first-order valence-electron chi connectivity index (χ1n) is 6.90. The monoisotopic (exact) mass is 442 g/mol. The molecule has 0 bridgehead atoms. The second-order valence-electron chi connectivity index (χ2n) is 5.62. The molecule has 11 nitrogen and oxygen atoms in total. The van der Waals surface area contributed by atoms with E-state index in [9.17, 15) is 36.2 Å². The summed E-state index contributed by atoms with van der Waals surface area (Å²) in [4.78, 5) is -1.16. The summed E-state index contributed by atoms with van der Waals surface area (Å²) in [7, 11) is -9.36. The van der Waals surface area contributed by atoms with Gasteiger partial charge in [0, 0.05) is 18.6 Å². The van der Waals surface area contributed by atoms with E-state index in [1.54, 1.807) is 0 Å². The number of hydrogen-bond donors (Lipinski definition) is 4. The highest BCUT2D eigenvalue weighted by molar-refractivity contribution is 7.86. The molecule has 0 heterocycles. The lowest BCUT2D eigenvalue weighted by molar-refractivity contribution is 0.461. The van der Waals surface area contributed by atoms with Crippen molar-refractivity contribution in [3.8, 4) is 11.5 Å². The molecule has 2 aromatic rings. The number of aryl methyl sites for hydroxylation is 2. The average Bonchev–Trinajstić information content (AvgIpc) is 2.43. The van der Waals surface area contributed by atoms with Crippen molar-refractivity contribution in [2.75, 3.05) is 0 Å². The van der Waals surface area contributed by atoms with Gasteiger partial charge in [-0.15, -0.1) is 0 Å². The van der Waals surface area contributed by atoms with E-state index in [0.717, 1.165) is 12.1 Å². The van der Waals surface area contributed by atoms with Crippen LogP contribution in [0.25, 0.3) is 0 Å². The first-order valence-corrected chi connectivity index (χ1v) is 9.78. The highest BCUT2D eigenvalue weighted by Gasteiger charge is 2.22. The Labute approximate surface area is 161 Å². The Balaban J connectivity index is 0. The van der Waals surface area contributed by atoms with Gasteiger partial charge in [0.25, 0.3) is 20.2 Å². The van der Waals surface area contributed by atoms with Gasteiger partial charge in [0.1, 0.15) is 21.3 Å². The third kappa shape index (κ3) is 5.87. The minimum absolute atomic E-state index is 0. The zero-order valence-corrected chi connectivity index (χ0v) is 16.4. The van der Waals surface area contributed by atoms with Crippen LogP contribution >= 0.6 is 0 Å². The van der Waals surface area contributed by atoms with Crippen LogP contribution in [0.2, 0.25) is 0 Å². The van der Waals surface area contributed by atoms with E-state index in [1.165, 1.54) is 26.0 Å². The molecule has 0 aliphatic heterocycles. The second-order valence-corrected chi connectivity index (χ2v) is 8.40. The molecule has 0 atom stereocenters. The summed E-state index contributed by atoms with van der Waals surface area (Å²) in [6, 6.07) is 4.30. The Kier molecular flexibility index (Phi) is 9.28. The lowest BCUT2D eigenvalue weighted by atomic mass is 10.0. The predicted octanol–water partition coefficient (Wildman–Crippen LogP) is -0.675. The largest absolute Gasteiger partial charge is 0.508 e. The Morgan fingerprint density at radius 2 is 0.964 bits per heavy atom. The number of rotatable bonds is 4. The van der Waals surface area contributed by atoms with Gasteiger partial charge in [0.2, 0.25) is 0 Å². The maximum absolute atomic E-state index is 11.5. The Hall–Kier alpha value is -2.26. The van der Waals surface area contributed by atoms with Gasteiger partial charge in [0.15, 0.2) is 0 Å². The van der Waals surface area contributed by atoms with Crippen LogP contribution in [0.15, 0.2) is 34.1 Å². The van der Waals surface area contributed by atoms with E-state index in [0.29, 0.717) is 11.1 Å². The summed E-state index contributed by atoms with van der Waals surface area (Å²) in [5.74, 6) is -0.707. The SMILES string of the molecule is Cc1cc(Cc2cc(C)c(O)cc2S(=O)(=O)O)c(S(=O)(=O)O)cc1O.O.O.O. The highest BCUT2D eigenvalue weighted by atomic mass is 32.2. The van der Waals surface area contributed by atoms with Gasteiger partial charge >= 0.3 is 0 Å². The summed E-state index contributed by atoms with van der Waals surface area (Å²) >= 11 is 0. The topological polar surface area (TPSA) is 244 Å². The van der Waals surface area contributed by atoms with E-state index in [-0.39, 0.29) is 45.5 Å². The lowest BCUT2D eigenvalue weighted by Gasteiger charge is -2.13. The van der Waals surface area contributed by atoms with Gasteiger partial charge in [-0.3, -0.25) is 9.11 Å². The molecule has 0 fully saturated rings. The van der Waals surface area contributed by atoms with Crippen LogP contribution in [-0.4, -0.2) is 52.6 Å². The summed E-state index contributed by atoms with van der Waals surface area (Å²) in [6.45, 7) is 3.00. The quantitative estimate of drug-likeness (QED) is 0.441. The van der Waals surface area contributed by atoms with Crippen molar-refractivity contribution >= 4 is 20.2 Å². The van der Waals surface area contributed by atoms with Crippen LogP contribution in [0.1, 0.15) is 22.3 Å². The van der Waals surface area contributed by atoms with Gasteiger partial charge in [-0.05, 0) is 36.1 Å². The first kappa shape index (κ1) is 28.0. The molecule has 0 saturated carbocycles. The molecule has 0 aliphatic carbocycles. The summed E-state index contributed by atoms with van der Waals surface area (Å²) in [5.41, 5.74) is 0.665. The fourth-order valence-corrected chi connectivity index (χ4v) is 3.88. The van der Waals surface area contributed by atoms with Crippen LogP contribution < -0.4 is 0 Å². The molecule has 0 aliphatic rings. The molecule has 0 spiro atoms. The van der Waals surface area contributed by atoms with Crippen LogP contribution in [0.3, 0.4) is 0 Å². The normalized spacial score (nSPS) is 11.0. The zero-order valence-electron chi connectivity index (χ0n) is 14.8. The van der Waals surface area contributed by atoms with Crippen molar-refractivity contribution in [3.05, 3.63) is 46.5 Å². The summed E-state index contributed by atoms with van der Waals surface area (Å²) in [6.07, 6.45) is -0.285. The Morgan fingerprint density at radius 3 is 1.21 bits per heavy atom. The molecular formula is C15H22O11S2. The second kappa shape index (κ2) is 9.29. The van der Waals surface area contributed by atoms with Crippen molar-refractivity contribution in [2.24, 2.45) is 0 Å². The van der Waals surface area contributed by atoms with E-state index in [2.05, 4.69) is 0 Å². The third-order valence-corrected chi connectivity index (χ3v) is 5.57. The molecule has 0 unspecified atom stereocenters. The van der Waals surface area contributed by atoms with Gasteiger partial charge < -0.3 is 26.6 Å². The van der Waals surface area contributed by atoms with Crippen molar-refractivity contribution in [1.82, 2.24) is 0 Å². The molecule has 0 aromatic heterocycles. The number of benzene rings is 2.